The first-order valence-electron chi connectivity index (χ1n) is 12.6. The molecule has 1 aliphatic rings. The van der Waals surface area contributed by atoms with Crippen molar-refractivity contribution >= 4 is 23.5 Å². The Morgan fingerprint density at radius 1 is 1.00 bits per heavy atom. The van der Waals surface area contributed by atoms with Gasteiger partial charge in [-0.3, -0.25) is 9.69 Å². The van der Waals surface area contributed by atoms with Gasteiger partial charge in [0.05, 0.1) is 0 Å². The molecule has 0 aliphatic carbocycles. The SMILES string of the molecule is CSc1ccc(C(=O)C2CN(Cc3ccccc3)CC2c2cc(C)c(OC(C)(C)C(=O)O)c(C)c2)cc1. The fourth-order valence-corrected chi connectivity index (χ4v) is 5.49. The van der Waals surface area contributed by atoms with Gasteiger partial charge in [0.2, 0.25) is 0 Å². The van der Waals surface area contributed by atoms with Crippen molar-refractivity contribution in [1.29, 1.82) is 0 Å². The fraction of sp³-hybridized carbons (Fsp3) is 0.355. The van der Waals surface area contributed by atoms with E-state index in [1.165, 1.54) is 5.56 Å². The van der Waals surface area contributed by atoms with Gasteiger partial charge in [-0.15, -0.1) is 11.8 Å². The van der Waals surface area contributed by atoms with Crippen molar-refractivity contribution in [2.24, 2.45) is 5.92 Å². The minimum atomic E-state index is -1.34. The number of carbonyl (C=O) groups is 2. The molecule has 4 rings (SSSR count). The number of carboxylic acids is 1. The molecule has 2 atom stereocenters. The van der Waals surface area contributed by atoms with E-state index in [1.54, 1.807) is 25.6 Å². The molecule has 1 saturated heterocycles. The number of rotatable bonds is 9. The van der Waals surface area contributed by atoms with Crippen LogP contribution in [0, 0.1) is 19.8 Å². The van der Waals surface area contributed by atoms with E-state index < -0.39 is 11.6 Å². The number of ether oxygens (including phenoxy) is 1. The Morgan fingerprint density at radius 3 is 2.19 bits per heavy atom. The molecule has 0 aromatic heterocycles. The van der Waals surface area contributed by atoms with Crippen LogP contribution in [0.5, 0.6) is 5.75 Å². The number of aryl methyl sites for hydroxylation is 2. The summed E-state index contributed by atoms with van der Waals surface area (Å²) in [6.07, 6.45) is 2.03. The quantitative estimate of drug-likeness (QED) is 0.263. The maximum atomic E-state index is 13.8. The summed E-state index contributed by atoms with van der Waals surface area (Å²) in [4.78, 5) is 28.9. The Bertz CT molecular complexity index is 1250. The molecule has 0 radical (unpaired) electrons. The Labute approximate surface area is 223 Å². The van der Waals surface area contributed by atoms with Crippen LogP contribution in [0.2, 0.25) is 0 Å². The molecule has 0 amide bonds. The summed E-state index contributed by atoms with van der Waals surface area (Å²) in [7, 11) is 0. The summed E-state index contributed by atoms with van der Waals surface area (Å²) >= 11 is 1.66. The number of hydrogen-bond acceptors (Lipinski definition) is 5. The Morgan fingerprint density at radius 2 is 1.62 bits per heavy atom. The van der Waals surface area contributed by atoms with E-state index in [-0.39, 0.29) is 17.6 Å². The summed E-state index contributed by atoms with van der Waals surface area (Å²) in [5, 5.41) is 9.53. The number of benzene rings is 3. The third kappa shape index (κ3) is 6.08. The van der Waals surface area contributed by atoms with Crippen molar-refractivity contribution in [3.8, 4) is 5.75 Å². The van der Waals surface area contributed by atoms with E-state index in [1.807, 2.05) is 62.6 Å². The molecule has 0 spiro atoms. The van der Waals surface area contributed by atoms with Gasteiger partial charge < -0.3 is 9.84 Å². The average molecular weight is 518 g/mol. The maximum Gasteiger partial charge on any atom is 0.347 e. The van der Waals surface area contributed by atoms with E-state index in [0.29, 0.717) is 12.3 Å². The Kier molecular flexibility index (Phi) is 8.10. The number of carboxylic acid groups (broad SMARTS) is 1. The molecule has 1 fully saturated rings. The van der Waals surface area contributed by atoms with E-state index in [4.69, 9.17) is 4.74 Å². The lowest BCUT2D eigenvalue weighted by molar-refractivity contribution is -0.152. The van der Waals surface area contributed by atoms with Crippen molar-refractivity contribution in [1.82, 2.24) is 4.90 Å². The third-order valence-electron chi connectivity index (χ3n) is 7.14. The molecular formula is C31H35NO4S. The van der Waals surface area contributed by atoms with Crippen LogP contribution < -0.4 is 4.74 Å². The van der Waals surface area contributed by atoms with Crippen LogP contribution in [0.15, 0.2) is 71.6 Å². The highest BCUT2D eigenvalue weighted by molar-refractivity contribution is 7.98. The normalized spacial score (nSPS) is 18.1. The number of thioether (sulfide) groups is 1. The van der Waals surface area contributed by atoms with Crippen molar-refractivity contribution in [3.63, 3.8) is 0 Å². The number of nitrogens with zero attached hydrogens (tertiary/aromatic N) is 1. The van der Waals surface area contributed by atoms with Crippen molar-refractivity contribution in [2.45, 2.75) is 50.7 Å². The van der Waals surface area contributed by atoms with Crippen LogP contribution in [0.4, 0.5) is 0 Å². The molecule has 194 valence electrons. The van der Waals surface area contributed by atoms with Crippen LogP contribution in [-0.4, -0.2) is 46.7 Å². The van der Waals surface area contributed by atoms with E-state index in [2.05, 4.69) is 29.2 Å². The highest BCUT2D eigenvalue weighted by Crippen LogP contribution is 2.39. The molecule has 1 heterocycles. The second kappa shape index (κ2) is 11.1. The summed E-state index contributed by atoms with van der Waals surface area (Å²) in [6, 6.07) is 22.4. The number of hydrogen-bond donors (Lipinski definition) is 1. The monoisotopic (exact) mass is 517 g/mol. The zero-order valence-corrected chi connectivity index (χ0v) is 23.0. The highest BCUT2D eigenvalue weighted by atomic mass is 32.2. The summed E-state index contributed by atoms with van der Waals surface area (Å²) < 4.78 is 5.93. The van der Waals surface area contributed by atoms with E-state index in [0.717, 1.165) is 40.2 Å². The number of Topliss-reactive ketones (excluding diaryl/α,β-unsaturated/α-hetero) is 1. The number of carbonyl (C=O) groups excluding carboxylic acids is 1. The minimum absolute atomic E-state index is 0.0235. The van der Waals surface area contributed by atoms with Crippen LogP contribution >= 0.6 is 11.8 Å². The molecule has 5 nitrogen and oxygen atoms in total. The smallest absolute Gasteiger partial charge is 0.347 e. The lowest BCUT2D eigenvalue weighted by Crippen LogP contribution is -2.38. The largest absolute Gasteiger partial charge is 0.478 e. The standard InChI is InChI=1S/C31H35NO4S/c1-20-15-24(16-21(2)29(20)36-31(3,4)30(34)35)26-18-32(17-22-9-7-6-8-10-22)19-27(26)28(33)23-11-13-25(37-5)14-12-23/h6-16,26-27H,17-19H2,1-5H3,(H,34,35). The predicted octanol–water partition coefficient (Wildman–Crippen LogP) is 6.37. The van der Waals surface area contributed by atoms with Gasteiger partial charge in [-0.2, -0.15) is 0 Å². The van der Waals surface area contributed by atoms with Gasteiger partial charge >= 0.3 is 5.97 Å². The first-order chi connectivity index (χ1) is 17.6. The lowest BCUT2D eigenvalue weighted by Gasteiger charge is -2.26. The molecule has 0 saturated carbocycles. The van der Waals surface area contributed by atoms with Crippen molar-refractivity contribution in [3.05, 3.63) is 94.5 Å². The van der Waals surface area contributed by atoms with Crippen molar-refractivity contribution < 1.29 is 19.4 Å². The van der Waals surface area contributed by atoms with Gasteiger partial charge in [-0.1, -0.05) is 54.6 Å². The number of likely N-dealkylation sites (tertiary alicyclic amines) is 1. The predicted molar refractivity (Wildman–Crippen MR) is 149 cm³/mol. The molecule has 3 aromatic rings. The van der Waals surface area contributed by atoms with Gasteiger partial charge in [0.1, 0.15) is 5.75 Å². The second-order valence-corrected chi connectivity index (χ2v) is 11.3. The van der Waals surface area contributed by atoms with Gasteiger partial charge in [-0.25, -0.2) is 4.79 Å². The maximum absolute atomic E-state index is 13.8. The first kappa shape index (κ1) is 27.0. The highest BCUT2D eigenvalue weighted by Gasteiger charge is 2.39. The third-order valence-corrected chi connectivity index (χ3v) is 7.88. The zero-order chi connectivity index (χ0) is 26.7. The van der Waals surface area contributed by atoms with E-state index >= 15 is 0 Å². The molecule has 3 aromatic carbocycles. The van der Waals surface area contributed by atoms with Gasteiger partial charge in [0.25, 0.3) is 0 Å². The molecule has 1 aliphatic heterocycles. The molecule has 2 unspecified atom stereocenters. The topological polar surface area (TPSA) is 66.8 Å². The summed E-state index contributed by atoms with van der Waals surface area (Å²) in [6.45, 7) is 9.24. The number of ketones is 1. The summed E-state index contributed by atoms with van der Waals surface area (Å²) in [5.41, 5.74) is 3.47. The fourth-order valence-electron chi connectivity index (χ4n) is 5.09. The second-order valence-electron chi connectivity index (χ2n) is 10.4. The van der Waals surface area contributed by atoms with Crippen molar-refractivity contribution in [2.75, 3.05) is 19.3 Å². The molecule has 37 heavy (non-hydrogen) atoms. The summed E-state index contributed by atoms with van der Waals surface area (Å²) in [5.74, 6) is -0.414. The first-order valence-corrected chi connectivity index (χ1v) is 13.8. The lowest BCUT2D eigenvalue weighted by atomic mass is 9.82. The molecule has 1 N–H and O–H groups in total. The molecule has 6 heteroatoms. The van der Waals surface area contributed by atoms with Crippen LogP contribution in [0.1, 0.15) is 52.4 Å². The van der Waals surface area contributed by atoms with Crippen LogP contribution in [0.25, 0.3) is 0 Å². The minimum Gasteiger partial charge on any atom is -0.478 e. The van der Waals surface area contributed by atoms with E-state index in [9.17, 15) is 14.7 Å². The molecule has 0 bridgehead atoms. The average Bonchev–Trinajstić information content (AvgIpc) is 3.30. The van der Waals surface area contributed by atoms with Crippen LogP contribution in [0.3, 0.4) is 0 Å². The Balaban J connectivity index is 1.66. The van der Waals surface area contributed by atoms with Gasteiger partial charge in [0.15, 0.2) is 11.4 Å². The van der Waals surface area contributed by atoms with Crippen LogP contribution in [-0.2, 0) is 11.3 Å². The zero-order valence-electron chi connectivity index (χ0n) is 22.2. The van der Waals surface area contributed by atoms with Gasteiger partial charge in [0, 0.05) is 41.9 Å². The van der Waals surface area contributed by atoms with Gasteiger partial charge in [-0.05, 0) is 68.3 Å². The molecular weight excluding hydrogens is 482 g/mol. The number of aliphatic carboxylic acids is 1. The Hall–Kier alpha value is -3.09.